The van der Waals surface area contributed by atoms with Crippen molar-refractivity contribution >= 4 is 30.8 Å². The van der Waals surface area contributed by atoms with Crippen molar-refractivity contribution in [1.82, 2.24) is 14.6 Å². The number of sulfonamides is 1. The quantitative estimate of drug-likeness (QED) is 0.393. The number of nitrogens with zero attached hydrogens (tertiary/aromatic N) is 2. The van der Waals surface area contributed by atoms with E-state index in [1.807, 2.05) is 24.3 Å². The number of nitrogens with one attached hydrogen (secondary N) is 1. The number of hydrogen-bond donors (Lipinski definition) is 2. The smallest absolute Gasteiger partial charge is 0.244 e. The van der Waals surface area contributed by atoms with Crippen molar-refractivity contribution < 1.29 is 31.4 Å². The molecule has 2 aliphatic heterocycles. The van der Waals surface area contributed by atoms with E-state index in [0.29, 0.717) is 38.3 Å². The van der Waals surface area contributed by atoms with Crippen molar-refractivity contribution in [2.45, 2.75) is 46.8 Å². The molecule has 3 heterocycles. The van der Waals surface area contributed by atoms with E-state index < -0.39 is 31.6 Å². The van der Waals surface area contributed by atoms with Crippen molar-refractivity contribution in [2.24, 2.45) is 0 Å². The van der Waals surface area contributed by atoms with Gasteiger partial charge in [0.1, 0.15) is 23.4 Å². The molecule has 1 spiro atoms. The molecule has 12 heteroatoms. The highest BCUT2D eigenvalue weighted by Crippen LogP contribution is 2.37. The molecule has 2 atom stereocenters. The third-order valence-corrected chi connectivity index (χ3v) is 10.3. The molecular weight excluding hydrogens is 542 g/mol. The second-order valence-electron chi connectivity index (χ2n) is 10.3. The lowest BCUT2D eigenvalue weighted by atomic mass is 9.88. The van der Waals surface area contributed by atoms with Crippen LogP contribution in [0.5, 0.6) is 5.75 Å². The van der Waals surface area contributed by atoms with E-state index in [-0.39, 0.29) is 29.0 Å². The van der Waals surface area contributed by atoms with Gasteiger partial charge in [0.2, 0.25) is 10.0 Å². The molecule has 0 amide bonds. The number of aliphatic hydroxyl groups excluding tert-OH is 1. The number of sulfone groups is 1. The van der Waals surface area contributed by atoms with E-state index >= 15 is 0 Å². The molecule has 210 valence electrons. The Morgan fingerprint density at radius 2 is 1.87 bits per heavy atom. The van der Waals surface area contributed by atoms with Gasteiger partial charge in [-0.05, 0) is 49.6 Å². The number of para-hydroxylation sites is 1. The molecule has 0 aliphatic carbocycles. The van der Waals surface area contributed by atoms with Gasteiger partial charge in [-0.1, -0.05) is 24.3 Å². The van der Waals surface area contributed by atoms with Crippen LogP contribution in [0.15, 0.2) is 70.6 Å². The van der Waals surface area contributed by atoms with Crippen LogP contribution >= 0.6 is 0 Å². The van der Waals surface area contributed by atoms with Gasteiger partial charge in [0, 0.05) is 43.5 Å². The number of benzene rings is 2. The minimum Gasteiger partial charge on any atom is -0.491 e. The minimum atomic E-state index is -3.66. The molecule has 2 aliphatic rings. The lowest BCUT2D eigenvalue weighted by molar-refractivity contribution is -0.0312. The predicted octanol–water partition coefficient (Wildman–Crippen LogP) is 1.98. The first-order valence-corrected chi connectivity index (χ1v) is 16.2. The number of fused-ring (bicyclic) bond motifs is 1. The SMILES string of the molecule is CS(=O)(=O)c1cccc(OCC(O)CN[C@@H]2COC3(CCN(S(=O)(=O)c4cnc5ccccc5c4)CC3)C2)c1. The molecule has 2 fully saturated rings. The van der Waals surface area contributed by atoms with Gasteiger partial charge in [-0.15, -0.1) is 0 Å². The largest absolute Gasteiger partial charge is 0.491 e. The minimum absolute atomic E-state index is 0.00931. The summed E-state index contributed by atoms with van der Waals surface area (Å²) in [5, 5.41) is 14.5. The fraction of sp³-hybridized carbons (Fsp3) is 0.444. The summed E-state index contributed by atoms with van der Waals surface area (Å²) in [6, 6.07) is 15.3. The summed E-state index contributed by atoms with van der Waals surface area (Å²) in [5.74, 6) is 0.376. The van der Waals surface area contributed by atoms with Crippen LogP contribution in [0.4, 0.5) is 0 Å². The Balaban J connectivity index is 1.10. The highest BCUT2D eigenvalue weighted by atomic mass is 32.2. The highest BCUT2D eigenvalue weighted by Gasteiger charge is 2.44. The van der Waals surface area contributed by atoms with Crippen LogP contribution in [-0.2, 0) is 24.6 Å². The number of aromatic nitrogens is 1. The molecule has 5 rings (SSSR count). The summed E-state index contributed by atoms with van der Waals surface area (Å²) >= 11 is 0. The molecule has 0 radical (unpaired) electrons. The van der Waals surface area contributed by atoms with Crippen molar-refractivity contribution in [3.05, 3.63) is 60.8 Å². The fourth-order valence-corrected chi connectivity index (χ4v) is 7.23. The lowest BCUT2D eigenvalue weighted by Gasteiger charge is -2.38. The Morgan fingerprint density at radius 1 is 1.10 bits per heavy atom. The molecule has 2 N–H and O–H groups in total. The van der Waals surface area contributed by atoms with Crippen molar-refractivity contribution in [3.63, 3.8) is 0 Å². The summed E-state index contributed by atoms with van der Waals surface area (Å²) < 4.78 is 63.2. The average Bonchev–Trinajstić information content (AvgIpc) is 3.32. The molecule has 39 heavy (non-hydrogen) atoms. The maximum absolute atomic E-state index is 13.3. The molecule has 2 saturated heterocycles. The normalized spacial score (nSPS) is 20.8. The molecule has 2 aromatic carbocycles. The monoisotopic (exact) mass is 575 g/mol. The third-order valence-electron chi connectivity index (χ3n) is 7.36. The Labute approximate surface area is 228 Å². The number of pyridine rings is 1. The molecule has 0 bridgehead atoms. The van der Waals surface area contributed by atoms with Gasteiger partial charge in [-0.2, -0.15) is 4.31 Å². The predicted molar refractivity (Wildman–Crippen MR) is 146 cm³/mol. The van der Waals surface area contributed by atoms with Gasteiger partial charge in [-0.3, -0.25) is 4.98 Å². The van der Waals surface area contributed by atoms with Gasteiger partial charge in [0.05, 0.1) is 22.6 Å². The van der Waals surface area contributed by atoms with Crippen LogP contribution < -0.4 is 10.1 Å². The van der Waals surface area contributed by atoms with Crippen LogP contribution in [-0.4, -0.2) is 88.1 Å². The van der Waals surface area contributed by atoms with E-state index in [1.54, 1.807) is 18.2 Å². The number of piperidine rings is 1. The summed E-state index contributed by atoms with van der Waals surface area (Å²) in [4.78, 5) is 4.67. The summed E-state index contributed by atoms with van der Waals surface area (Å²) in [6.45, 7) is 1.50. The molecular formula is C27H33N3O7S2. The number of aliphatic hydroxyl groups is 1. The fourth-order valence-electron chi connectivity index (χ4n) is 5.15. The topological polar surface area (TPSA) is 135 Å². The Hall–Kier alpha value is -2.61. The lowest BCUT2D eigenvalue weighted by Crippen LogP contribution is -2.47. The van der Waals surface area contributed by atoms with E-state index in [1.165, 1.54) is 22.6 Å². The first kappa shape index (κ1) is 27.9. The van der Waals surface area contributed by atoms with Crippen LogP contribution in [0, 0.1) is 0 Å². The Morgan fingerprint density at radius 3 is 2.64 bits per heavy atom. The van der Waals surface area contributed by atoms with Crippen LogP contribution in [0.2, 0.25) is 0 Å². The van der Waals surface area contributed by atoms with Gasteiger partial charge in [0.25, 0.3) is 0 Å². The molecule has 3 aromatic rings. The summed E-state index contributed by atoms with van der Waals surface area (Å²) in [5.41, 5.74) is 0.364. The van der Waals surface area contributed by atoms with E-state index in [4.69, 9.17) is 9.47 Å². The number of hydrogen-bond acceptors (Lipinski definition) is 9. The van der Waals surface area contributed by atoms with Gasteiger partial charge >= 0.3 is 0 Å². The van der Waals surface area contributed by atoms with Gasteiger partial charge in [0.15, 0.2) is 9.84 Å². The van der Waals surface area contributed by atoms with Crippen molar-refractivity contribution in [1.29, 1.82) is 0 Å². The van der Waals surface area contributed by atoms with E-state index in [2.05, 4.69) is 10.3 Å². The van der Waals surface area contributed by atoms with Gasteiger partial charge < -0.3 is 19.9 Å². The zero-order valence-electron chi connectivity index (χ0n) is 21.7. The van der Waals surface area contributed by atoms with E-state index in [0.717, 1.165) is 23.6 Å². The van der Waals surface area contributed by atoms with Crippen LogP contribution in [0.3, 0.4) is 0 Å². The first-order valence-electron chi connectivity index (χ1n) is 12.9. The average molecular weight is 576 g/mol. The molecule has 10 nitrogen and oxygen atoms in total. The van der Waals surface area contributed by atoms with Gasteiger partial charge in [-0.25, -0.2) is 16.8 Å². The maximum Gasteiger partial charge on any atom is 0.244 e. The molecule has 0 saturated carbocycles. The van der Waals surface area contributed by atoms with Crippen LogP contribution in [0.1, 0.15) is 19.3 Å². The van der Waals surface area contributed by atoms with Crippen molar-refractivity contribution in [2.75, 3.05) is 39.1 Å². The Kier molecular flexibility index (Phi) is 7.96. The zero-order valence-corrected chi connectivity index (χ0v) is 23.3. The number of rotatable bonds is 9. The molecule has 1 aromatic heterocycles. The van der Waals surface area contributed by atoms with Crippen molar-refractivity contribution in [3.8, 4) is 5.75 Å². The van der Waals surface area contributed by atoms with Crippen LogP contribution in [0.25, 0.3) is 10.9 Å². The zero-order chi connectivity index (χ0) is 27.7. The maximum atomic E-state index is 13.3. The van der Waals surface area contributed by atoms with E-state index in [9.17, 15) is 21.9 Å². The molecule has 1 unspecified atom stereocenters. The summed E-state index contributed by atoms with van der Waals surface area (Å²) in [6.07, 6.45) is 3.66. The standard InChI is InChI=1S/C27H33N3O7S2/c1-38(32,33)24-7-4-6-23(14-24)36-19-22(31)16-28-21-15-27(37-18-21)9-11-30(12-10-27)39(34,35)25-13-20-5-2-3-8-26(20)29-17-25/h2-8,13-14,17,21-22,28,31H,9-12,15-16,18-19H2,1H3/t21-,22?/m0/s1. The second-order valence-corrected chi connectivity index (χ2v) is 14.2. The number of ether oxygens (including phenoxy) is 2. The first-order chi connectivity index (χ1) is 18.5. The third kappa shape index (κ3) is 6.42. The Bertz CT molecular complexity index is 1540. The highest BCUT2D eigenvalue weighted by molar-refractivity contribution is 7.90. The second kappa shape index (κ2) is 11.1. The summed E-state index contributed by atoms with van der Waals surface area (Å²) in [7, 11) is -7.00.